The zero-order chi connectivity index (χ0) is 18.8. The summed E-state index contributed by atoms with van der Waals surface area (Å²) in [5.74, 6) is 0.444. The Kier molecular flexibility index (Phi) is 7.49. The first-order valence-electron chi connectivity index (χ1n) is 8.58. The van der Waals surface area contributed by atoms with Crippen LogP contribution in [-0.4, -0.2) is 32.3 Å². The molecule has 138 valence electrons. The maximum atomic E-state index is 12.0. The van der Waals surface area contributed by atoms with Crippen molar-refractivity contribution in [1.82, 2.24) is 5.32 Å². The van der Waals surface area contributed by atoms with Gasteiger partial charge in [0, 0.05) is 12.2 Å². The first kappa shape index (κ1) is 19.3. The third kappa shape index (κ3) is 5.81. The van der Waals surface area contributed by atoms with E-state index in [1.54, 1.807) is 31.4 Å². The van der Waals surface area contributed by atoms with E-state index in [1.165, 1.54) is 0 Å². The van der Waals surface area contributed by atoms with Gasteiger partial charge in [-0.3, -0.25) is 0 Å². The Morgan fingerprint density at radius 2 is 1.77 bits per heavy atom. The van der Waals surface area contributed by atoms with E-state index < -0.39 is 0 Å². The minimum absolute atomic E-state index is 0.304. The predicted molar refractivity (Wildman–Crippen MR) is 101 cm³/mol. The molecule has 2 N–H and O–H groups in total. The summed E-state index contributed by atoms with van der Waals surface area (Å²) in [5, 5.41) is 5.53. The Morgan fingerprint density at radius 1 is 1.04 bits per heavy atom. The van der Waals surface area contributed by atoms with Gasteiger partial charge < -0.3 is 20.1 Å². The maximum Gasteiger partial charge on any atom is 0.338 e. The number of ether oxygens (including phenoxy) is 2. The Hall–Kier alpha value is -3.02. The number of nitrogens with one attached hydrogen (secondary N) is 2. The van der Waals surface area contributed by atoms with Crippen molar-refractivity contribution in [1.29, 1.82) is 0 Å². The summed E-state index contributed by atoms with van der Waals surface area (Å²) in [4.78, 5) is 23.7. The molecule has 0 aromatic heterocycles. The summed E-state index contributed by atoms with van der Waals surface area (Å²) in [5.41, 5.74) is 2.10. The van der Waals surface area contributed by atoms with Gasteiger partial charge in [0.25, 0.3) is 0 Å². The zero-order valence-corrected chi connectivity index (χ0v) is 15.1. The van der Waals surface area contributed by atoms with Crippen LogP contribution in [0.2, 0.25) is 0 Å². The molecule has 0 radical (unpaired) electrons. The van der Waals surface area contributed by atoms with Crippen LogP contribution in [-0.2, 0) is 11.2 Å². The molecule has 0 aliphatic carbocycles. The van der Waals surface area contributed by atoms with Crippen molar-refractivity contribution in [3.05, 3.63) is 59.7 Å². The number of methoxy groups -OCH3 is 1. The van der Waals surface area contributed by atoms with Crippen LogP contribution in [0.1, 0.15) is 29.3 Å². The molecule has 2 aromatic carbocycles. The lowest BCUT2D eigenvalue weighted by Gasteiger charge is -2.10. The number of carbonyl (C=O) groups excluding carboxylic acids is 2. The monoisotopic (exact) mass is 356 g/mol. The van der Waals surface area contributed by atoms with Gasteiger partial charge in [0.15, 0.2) is 0 Å². The summed E-state index contributed by atoms with van der Waals surface area (Å²) in [7, 11) is 1.63. The molecule has 0 fully saturated rings. The van der Waals surface area contributed by atoms with E-state index >= 15 is 0 Å². The van der Waals surface area contributed by atoms with Gasteiger partial charge in [-0.2, -0.15) is 0 Å². The maximum absolute atomic E-state index is 12.0. The Morgan fingerprint density at radius 3 is 2.46 bits per heavy atom. The summed E-state index contributed by atoms with van der Waals surface area (Å²) in [6.45, 7) is 2.81. The summed E-state index contributed by atoms with van der Waals surface area (Å²) in [6.07, 6.45) is 1.44. The average molecular weight is 356 g/mol. The molecule has 6 nitrogen and oxygen atoms in total. The molecule has 0 atom stereocenters. The van der Waals surface area contributed by atoms with E-state index in [4.69, 9.17) is 9.47 Å². The van der Waals surface area contributed by atoms with E-state index in [1.807, 2.05) is 31.2 Å². The summed E-state index contributed by atoms with van der Waals surface area (Å²) < 4.78 is 10.4. The number of hydrogen-bond acceptors (Lipinski definition) is 4. The third-order valence-electron chi connectivity index (χ3n) is 3.69. The molecule has 0 spiro atoms. The molecular formula is C20H24N2O4. The highest BCUT2D eigenvalue weighted by Gasteiger charge is 2.08. The molecule has 0 aliphatic heterocycles. The van der Waals surface area contributed by atoms with Crippen molar-refractivity contribution in [3.63, 3.8) is 0 Å². The largest absolute Gasteiger partial charge is 0.496 e. The molecule has 26 heavy (non-hydrogen) atoms. The molecule has 0 saturated carbocycles. The number of urea groups is 1. The number of rotatable bonds is 8. The van der Waals surface area contributed by atoms with E-state index in [9.17, 15) is 9.59 Å². The first-order chi connectivity index (χ1) is 12.6. The van der Waals surface area contributed by atoms with E-state index in [0.717, 1.165) is 17.7 Å². The van der Waals surface area contributed by atoms with Crippen molar-refractivity contribution in [2.75, 3.05) is 25.6 Å². The quantitative estimate of drug-likeness (QED) is 0.708. The van der Waals surface area contributed by atoms with Crippen molar-refractivity contribution in [2.24, 2.45) is 0 Å². The minimum Gasteiger partial charge on any atom is -0.496 e. The second-order valence-electron chi connectivity index (χ2n) is 5.66. The third-order valence-corrected chi connectivity index (χ3v) is 3.69. The number of carbonyl (C=O) groups is 2. The molecule has 2 rings (SSSR count). The van der Waals surface area contributed by atoms with Gasteiger partial charge in [-0.05, 0) is 48.7 Å². The van der Waals surface area contributed by atoms with Crippen molar-refractivity contribution in [2.45, 2.75) is 19.8 Å². The van der Waals surface area contributed by atoms with Gasteiger partial charge in [-0.1, -0.05) is 25.1 Å². The molecule has 2 amide bonds. The molecule has 0 unspecified atom stereocenters. The van der Waals surface area contributed by atoms with Crippen molar-refractivity contribution < 1.29 is 19.1 Å². The van der Waals surface area contributed by atoms with Gasteiger partial charge >= 0.3 is 12.0 Å². The van der Waals surface area contributed by atoms with Gasteiger partial charge in [0.1, 0.15) is 5.75 Å². The summed E-state index contributed by atoms with van der Waals surface area (Å²) in [6, 6.07) is 14.0. The molecule has 0 heterocycles. The van der Waals surface area contributed by atoms with E-state index in [0.29, 0.717) is 30.8 Å². The SMILES string of the molecule is CCCOC(=O)c1ccc(NC(=O)NCCc2ccccc2OC)cc1. The number of amides is 2. The molecule has 6 heteroatoms. The second kappa shape index (κ2) is 10.1. The topological polar surface area (TPSA) is 76.7 Å². The summed E-state index contributed by atoms with van der Waals surface area (Å²) >= 11 is 0. The van der Waals surface area contributed by atoms with Gasteiger partial charge in [-0.25, -0.2) is 9.59 Å². The zero-order valence-electron chi connectivity index (χ0n) is 15.1. The molecule has 2 aromatic rings. The molecule has 0 saturated heterocycles. The molecular weight excluding hydrogens is 332 g/mol. The average Bonchev–Trinajstić information content (AvgIpc) is 2.67. The number of para-hydroxylation sites is 1. The lowest BCUT2D eigenvalue weighted by atomic mass is 10.1. The normalized spacial score (nSPS) is 10.1. The standard InChI is InChI=1S/C20H24N2O4/c1-3-14-26-19(23)16-8-10-17(11-9-16)22-20(24)21-13-12-15-6-4-5-7-18(15)25-2/h4-11H,3,12-14H2,1-2H3,(H2,21,22,24). The molecule has 0 bridgehead atoms. The Labute approximate surface area is 153 Å². The lowest BCUT2D eigenvalue weighted by molar-refractivity contribution is 0.0505. The fraction of sp³-hybridized carbons (Fsp3) is 0.300. The number of benzene rings is 2. The van der Waals surface area contributed by atoms with Crippen LogP contribution in [0.4, 0.5) is 10.5 Å². The van der Waals surface area contributed by atoms with E-state index in [2.05, 4.69) is 10.6 Å². The van der Waals surface area contributed by atoms with Crippen LogP contribution in [0.5, 0.6) is 5.75 Å². The van der Waals surface area contributed by atoms with Crippen LogP contribution in [0, 0.1) is 0 Å². The van der Waals surface area contributed by atoms with E-state index in [-0.39, 0.29) is 12.0 Å². The van der Waals surface area contributed by atoms with Crippen molar-refractivity contribution >= 4 is 17.7 Å². The Bertz CT molecular complexity index is 729. The highest BCUT2D eigenvalue weighted by molar-refractivity contribution is 5.92. The van der Waals surface area contributed by atoms with Crippen LogP contribution < -0.4 is 15.4 Å². The smallest absolute Gasteiger partial charge is 0.338 e. The van der Waals surface area contributed by atoms with Crippen LogP contribution >= 0.6 is 0 Å². The van der Waals surface area contributed by atoms with Crippen LogP contribution in [0.15, 0.2) is 48.5 Å². The predicted octanol–water partition coefficient (Wildman–Crippen LogP) is 3.63. The first-order valence-corrected chi connectivity index (χ1v) is 8.58. The number of hydrogen-bond donors (Lipinski definition) is 2. The Balaban J connectivity index is 1.79. The number of anilines is 1. The van der Waals surface area contributed by atoms with Crippen LogP contribution in [0.25, 0.3) is 0 Å². The van der Waals surface area contributed by atoms with Crippen molar-refractivity contribution in [3.8, 4) is 5.75 Å². The number of esters is 1. The fourth-order valence-electron chi connectivity index (χ4n) is 2.36. The highest BCUT2D eigenvalue weighted by Crippen LogP contribution is 2.17. The van der Waals surface area contributed by atoms with Gasteiger partial charge in [-0.15, -0.1) is 0 Å². The molecule has 0 aliphatic rings. The highest BCUT2D eigenvalue weighted by atomic mass is 16.5. The lowest BCUT2D eigenvalue weighted by Crippen LogP contribution is -2.30. The fourth-order valence-corrected chi connectivity index (χ4v) is 2.36. The minimum atomic E-state index is -0.361. The van der Waals surface area contributed by atoms with Crippen LogP contribution in [0.3, 0.4) is 0 Å². The van der Waals surface area contributed by atoms with Gasteiger partial charge in [0.2, 0.25) is 0 Å². The second-order valence-corrected chi connectivity index (χ2v) is 5.66. The van der Waals surface area contributed by atoms with Gasteiger partial charge in [0.05, 0.1) is 19.3 Å².